The molecule has 0 atom stereocenters. The molecule has 0 aliphatic rings. The molecule has 3 rings (SSSR count). The van der Waals surface area contributed by atoms with Crippen LogP contribution in [0.25, 0.3) is 0 Å². The van der Waals surface area contributed by atoms with Crippen LogP contribution in [0.15, 0.2) is 24.3 Å². The third-order valence-electron chi connectivity index (χ3n) is 5.73. The third kappa shape index (κ3) is 4.34. The predicted octanol–water partition coefficient (Wildman–Crippen LogP) is 4.69. The van der Waals surface area contributed by atoms with Crippen LogP contribution in [0.1, 0.15) is 38.4 Å². The van der Waals surface area contributed by atoms with Crippen molar-refractivity contribution in [3.63, 3.8) is 0 Å². The number of hydrogen-bond acceptors (Lipinski definition) is 7. The first-order chi connectivity index (χ1) is 15.0. The highest BCUT2D eigenvalue weighted by molar-refractivity contribution is 5.89. The Morgan fingerprint density at radius 2 is 1.53 bits per heavy atom. The van der Waals surface area contributed by atoms with Crippen molar-refractivity contribution in [2.75, 3.05) is 36.3 Å². The Kier molecular flexibility index (Phi) is 6.34. The van der Waals surface area contributed by atoms with Crippen molar-refractivity contribution < 1.29 is 9.90 Å². The summed E-state index contributed by atoms with van der Waals surface area (Å²) >= 11 is 0. The number of hydrogen-bond donors (Lipinski definition) is 2. The van der Waals surface area contributed by atoms with Gasteiger partial charge in [-0.15, -0.1) is 0 Å². The van der Waals surface area contributed by atoms with Crippen LogP contribution >= 0.6 is 0 Å². The monoisotopic (exact) mass is 434 g/mol. The lowest BCUT2D eigenvalue weighted by Crippen LogP contribution is -2.21. The number of aromatic carboxylic acids is 1. The van der Waals surface area contributed by atoms with E-state index in [2.05, 4.69) is 52.9 Å². The summed E-state index contributed by atoms with van der Waals surface area (Å²) in [6.45, 7) is 10.3. The Labute approximate surface area is 189 Å². The van der Waals surface area contributed by atoms with E-state index in [9.17, 15) is 9.90 Å². The second kappa shape index (κ2) is 8.82. The van der Waals surface area contributed by atoms with Crippen LogP contribution in [0.5, 0.6) is 0 Å². The molecule has 0 saturated carbocycles. The van der Waals surface area contributed by atoms with Crippen molar-refractivity contribution in [3.05, 3.63) is 57.9 Å². The number of aryl methyl sites for hydroxylation is 1. The summed E-state index contributed by atoms with van der Waals surface area (Å²) in [5.41, 5.74) is 7.85. The molecule has 8 heteroatoms. The number of nitrogens with zero attached hydrogens (tertiary/aromatic N) is 5. The molecule has 0 fully saturated rings. The van der Waals surface area contributed by atoms with Gasteiger partial charge in [-0.2, -0.15) is 15.0 Å². The largest absolute Gasteiger partial charge is 0.478 e. The Morgan fingerprint density at radius 3 is 2.16 bits per heavy atom. The molecule has 8 nitrogen and oxygen atoms in total. The molecule has 0 spiro atoms. The fourth-order valence-corrected chi connectivity index (χ4v) is 4.12. The van der Waals surface area contributed by atoms with Crippen molar-refractivity contribution in [2.24, 2.45) is 0 Å². The van der Waals surface area contributed by atoms with Crippen molar-refractivity contribution in [1.82, 2.24) is 15.0 Å². The highest BCUT2D eigenvalue weighted by Crippen LogP contribution is 2.39. The number of rotatable bonds is 6. The number of carbonyl (C=O) groups is 1. The highest BCUT2D eigenvalue weighted by Gasteiger charge is 2.21. The summed E-state index contributed by atoms with van der Waals surface area (Å²) in [6, 6.07) is 6.54. The maximum absolute atomic E-state index is 11.3. The van der Waals surface area contributed by atoms with Gasteiger partial charge in [-0.1, -0.05) is 6.07 Å². The number of benzene rings is 2. The van der Waals surface area contributed by atoms with E-state index in [0.29, 0.717) is 23.4 Å². The average molecular weight is 435 g/mol. The molecule has 32 heavy (non-hydrogen) atoms. The summed E-state index contributed by atoms with van der Waals surface area (Å²) in [5, 5.41) is 12.3. The van der Waals surface area contributed by atoms with E-state index in [4.69, 9.17) is 0 Å². The van der Waals surface area contributed by atoms with Crippen molar-refractivity contribution >= 4 is 34.9 Å². The number of carboxylic acid groups (broad SMARTS) is 1. The predicted molar refractivity (Wildman–Crippen MR) is 129 cm³/mol. The Morgan fingerprint density at radius 1 is 0.875 bits per heavy atom. The Bertz CT molecular complexity index is 1190. The molecule has 0 bridgehead atoms. The smallest absolute Gasteiger partial charge is 0.335 e. The summed E-state index contributed by atoms with van der Waals surface area (Å²) in [5.74, 6) is 0.436. The van der Waals surface area contributed by atoms with Gasteiger partial charge in [0.1, 0.15) is 5.82 Å². The first-order valence-electron chi connectivity index (χ1n) is 10.4. The minimum atomic E-state index is -0.988. The molecule has 1 heterocycles. The molecule has 2 N–H and O–H groups in total. The first-order valence-corrected chi connectivity index (χ1v) is 10.4. The van der Waals surface area contributed by atoms with Gasteiger partial charge in [0.25, 0.3) is 0 Å². The van der Waals surface area contributed by atoms with E-state index < -0.39 is 5.97 Å². The van der Waals surface area contributed by atoms with Gasteiger partial charge in [-0.3, -0.25) is 0 Å². The van der Waals surface area contributed by atoms with Crippen molar-refractivity contribution in [2.45, 2.75) is 34.6 Å². The van der Waals surface area contributed by atoms with Crippen LogP contribution in [0.3, 0.4) is 0 Å². The highest BCUT2D eigenvalue weighted by atomic mass is 16.4. The summed E-state index contributed by atoms with van der Waals surface area (Å²) in [7, 11) is 6.05. The lowest BCUT2D eigenvalue weighted by atomic mass is 9.94. The van der Waals surface area contributed by atoms with Gasteiger partial charge < -0.3 is 20.2 Å². The van der Waals surface area contributed by atoms with Crippen molar-refractivity contribution in [1.29, 1.82) is 0 Å². The molecule has 0 aliphatic carbocycles. The molecule has 0 aliphatic heterocycles. The zero-order chi connectivity index (χ0) is 23.7. The lowest BCUT2D eigenvalue weighted by molar-refractivity contribution is 0.0697. The topological polar surface area (TPSA) is 94.5 Å². The van der Waals surface area contributed by atoms with Crippen LogP contribution in [-0.4, -0.2) is 47.2 Å². The fraction of sp³-hybridized carbons (Fsp3) is 0.333. The lowest BCUT2D eigenvalue weighted by Gasteiger charge is -2.29. The minimum absolute atomic E-state index is 0.190. The maximum atomic E-state index is 11.3. The van der Waals surface area contributed by atoms with E-state index >= 15 is 0 Å². The molecule has 2 aromatic carbocycles. The van der Waals surface area contributed by atoms with Gasteiger partial charge in [0.15, 0.2) is 0 Å². The van der Waals surface area contributed by atoms with Crippen LogP contribution in [0.2, 0.25) is 0 Å². The van der Waals surface area contributed by atoms with E-state index in [1.54, 1.807) is 24.3 Å². The second-order valence-corrected chi connectivity index (χ2v) is 8.17. The first kappa shape index (κ1) is 23.0. The quantitative estimate of drug-likeness (QED) is 0.577. The summed E-state index contributed by atoms with van der Waals surface area (Å²) in [6.07, 6.45) is 0. The number of nitrogens with one attached hydrogen (secondary N) is 1. The molecule has 168 valence electrons. The molecular weight excluding hydrogens is 404 g/mol. The molecule has 0 unspecified atom stereocenters. The zero-order valence-corrected chi connectivity index (χ0v) is 19.9. The van der Waals surface area contributed by atoms with Gasteiger partial charge in [0, 0.05) is 32.5 Å². The molecule has 1 aromatic heterocycles. The van der Waals surface area contributed by atoms with Gasteiger partial charge in [-0.25, -0.2) is 4.79 Å². The van der Waals surface area contributed by atoms with Crippen LogP contribution in [-0.2, 0) is 0 Å². The summed E-state index contributed by atoms with van der Waals surface area (Å²) < 4.78 is 0. The zero-order valence-electron chi connectivity index (χ0n) is 19.9. The van der Waals surface area contributed by atoms with Gasteiger partial charge in [-0.05, 0) is 75.1 Å². The van der Waals surface area contributed by atoms with Gasteiger partial charge >= 0.3 is 5.97 Å². The van der Waals surface area contributed by atoms with Crippen LogP contribution < -0.4 is 15.1 Å². The fourth-order valence-electron chi connectivity index (χ4n) is 4.12. The average Bonchev–Trinajstić information content (AvgIpc) is 2.71. The molecule has 0 saturated heterocycles. The van der Waals surface area contributed by atoms with Gasteiger partial charge in [0.05, 0.1) is 11.3 Å². The second-order valence-electron chi connectivity index (χ2n) is 8.17. The Hall–Kier alpha value is -3.68. The van der Waals surface area contributed by atoms with E-state index in [0.717, 1.165) is 11.3 Å². The minimum Gasteiger partial charge on any atom is -0.478 e. The Balaban J connectivity index is 2.06. The van der Waals surface area contributed by atoms with E-state index in [1.807, 2.05) is 33.0 Å². The van der Waals surface area contributed by atoms with Crippen molar-refractivity contribution in [3.8, 4) is 0 Å². The molecule has 0 radical (unpaired) electrons. The standard InChI is InChI=1S/C24H30N6O2/c1-13-14(2)20(29(6)7)16(4)21(15(13)3)30(8)24-26-17(5)25-23(28-24)27-19-11-9-10-18(12-19)22(31)32/h9-12H,1-8H3,(H,31,32)(H,25,26,27,28). The van der Waals surface area contributed by atoms with Crippen LogP contribution in [0, 0.1) is 34.6 Å². The van der Waals surface area contributed by atoms with E-state index in [1.165, 1.54) is 22.4 Å². The normalized spacial score (nSPS) is 10.8. The third-order valence-corrected chi connectivity index (χ3v) is 5.73. The summed E-state index contributed by atoms with van der Waals surface area (Å²) in [4.78, 5) is 29.0. The molecular formula is C24H30N6O2. The maximum Gasteiger partial charge on any atom is 0.335 e. The number of carboxylic acids is 1. The number of aromatic nitrogens is 3. The van der Waals surface area contributed by atoms with Crippen LogP contribution in [0.4, 0.5) is 29.0 Å². The van der Waals surface area contributed by atoms with E-state index in [-0.39, 0.29) is 5.56 Å². The molecule has 3 aromatic rings. The van der Waals surface area contributed by atoms with Gasteiger partial charge in [0.2, 0.25) is 11.9 Å². The SMILES string of the molecule is Cc1nc(Nc2cccc(C(=O)O)c2)nc(N(C)c2c(C)c(C)c(C)c(N(C)C)c2C)n1. The molecule has 0 amide bonds. The number of anilines is 5.